The van der Waals surface area contributed by atoms with Gasteiger partial charge in [-0.3, -0.25) is 0 Å². The number of aromatic nitrogens is 1. The molecule has 1 aromatic heterocycles. The predicted octanol–water partition coefficient (Wildman–Crippen LogP) is 3.85. The molecule has 0 amide bonds. The highest BCUT2D eigenvalue weighted by atomic mass is 32.1. The van der Waals surface area contributed by atoms with E-state index in [4.69, 9.17) is 5.73 Å². The molecule has 1 unspecified atom stereocenters. The largest absolute Gasteiger partial charge is 0.323 e. The van der Waals surface area contributed by atoms with Crippen LogP contribution in [0.1, 0.15) is 67.8 Å². The first-order chi connectivity index (χ1) is 7.70. The zero-order valence-electron chi connectivity index (χ0n) is 10.3. The average Bonchev–Trinajstić information content (AvgIpc) is 2.78. The molecule has 90 valence electrons. The summed E-state index contributed by atoms with van der Waals surface area (Å²) >= 11 is 1.82. The van der Waals surface area contributed by atoms with Crippen LogP contribution >= 0.6 is 11.3 Å². The van der Waals surface area contributed by atoms with Crippen LogP contribution in [0.5, 0.6) is 0 Å². The molecular formula is C13H22N2S. The Morgan fingerprint density at radius 2 is 2.12 bits per heavy atom. The quantitative estimate of drug-likeness (QED) is 0.868. The Bertz CT molecular complexity index is 324. The lowest BCUT2D eigenvalue weighted by Gasteiger charge is -2.26. The van der Waals surface area contributed by atoms with Crippen molar-refractivity contribution in [1.82, 2.24) is 4.98 Å². The first-order valence-electron chi connectivity index (χ1n) is 6.42. The molecule has 1 aromatic rings. The summed E-state index contributed by atoms with van der Waals surface area (Å²) in [6, 6.07) is 0.137. The van der Waals surface area contributed by atoms with Crippen molar-refractivity contribution in [2.45, 2.75) is 57.9 Å². The fourth-order valence-corrected chi connectivity index (χ4v) is 3.56. The summed E-state index contributed by atoms with van der Waals surface area (Å²) in [5, 5.41) is 1.32. The van der Waals surface area contributed by atoms with Gasteiger partial charge in [-0.2, -0.15) is 0 Å². The molecule has 3 heteroatoms. The second-order valence-electron chi connectivity index (χ2n) is 5.02. The van der Waals surface area contributed by atoms with Crippen molar-refractivity contribution in [1.29, 1.82) is 0 Å². The number of thiazole rings is 1. The van der Waals surface area contributed by atoms with Crippen molar-refractivity contribution in [3.8, 4) is 0 Å². The van der Waals surface area contributed by atoms with Crippen molar-refractivity contribution in [2.75, 3.05) is 0 Å². The number of rotatable bonds is 3. The molecule has 1 saturated carbocycles. The lowest BCUT2D eigenvalue weighted by Crippen LogP contribution is -2.12. The molecule has 1 atom stereocenters. The molecule has 0 saturated heterocycles. The molecule has 2 N–H and O–H groups in total. The van der Waals surface area contributed by atoms with Gasteiger partial charge in [0.2, 0.25) is 0 Å². The molecule has 1 heterocycles. The Balaban J connectivity index is 1.97. The fraction of sp³-hybridized carbons (Fsp3) is 0.769. The van der Waals surface area contributed by atoms with Crippen LogP contribution in [-0.4, -0.2) is 4.98 Å². The molecule has 0 radical (unpaired) electrons. The van der Waals surface area contributed by atoms with Gasteiger partial charge in [-0.15, -0.1) is 11.3 Å². The van der Waals surface area contributed by atoms with Crippen molar-refractivity contribution >= 4 is 11.3 Å². The average molecular weight is 238 g/mol. The second kappa shape index (κ2) is 5.28. The summed E-state index contributed by atoms with van der Waals surface area (Å²) in [4.78, 5) is 5.78. The maximum atomic E-state index is 5.87. The number of nitrogens with two attached hydrogens (primary N) is 1. The molecule has 1 aliphatic rings. The summed E-state index contributed by atoms with van der Waals surface area (Å²) in [7, 11) is 0. The van der Waals surface area contributed by atoms with E-state index in [0.29, 0.717) is 5.92 Å². The van der Waals surface area contributed by atoms with E-state index in [1.807, 2.05) is 24.5 Å². The van der Waals surface area contributed by atoms with E-state index >= 15 is 0 Å². The first kappa shape index (κ1) is 12.1. The fourth-order valence-electron chi connectivity index (χ4n) is 2.52. The minimum absolute atomic E-state index is 0.137. The van der Waals surface area contributed by atoms with Crippen LogP contribution in [-0.2, 0) is 0 Å². The molecule has 0 aliphatic heterocycles. The maximum absolute atomic E-state index is 5.87. The Morgan fingerprint density at radius 3 is 2.62 bits per heavy atom. The van der Waals surface area contributed by atoms with Crippen molar-refractivity contribution < 1.29 is 0 Å². The Labute approximate surface area is 102 Å². The lowest BCUT2D eigenvalue weighted by molar-refractivity contribution is 0.318. The topological polar surface area (TPSA) is 38.9 Å². The molecule has 0 aromatic carbocycles. The van der Waals surface area contributed by atoms with Gasteiger partial charge in [0, 0.05) is 23.0 Å². The van der Waals surface area contributed by atoms with Crippen LogP contribution in [0.2, 0.25) is 0 Å². The molecule has 1 aliphatic carbocycles. The number of hydrogen-bond acceptors (Lipinski definition) is 3. The van der Waals surface area contributed by atoms with Crippen LogP contribution in [0.15, 0.2) is 6.20 Å². The summed E-state index contributed by atoms with van der Waals surface area (Å²) < 4.78 is 0. The molecule has 2 nitrogen and oxygen atoms in total. The Hall–Kier alpha value is -0.410. The maximum Gasteiger partial charge on any atom is 0.0959 e. The van der Waals surface area contributed by atoms with E-state index in [1.54, 1.807) is 0 Å². The summed E-state index contributed by atoms with van der Waals surface area (Å²) in [5.41, 5.74) is 5.87. The summed E-state index contributed by atoms with van der Waals surface area (Å²) in [5.74, 6) is 1.67. The van der Waals surface area contributed by atoms with Crippen molar-refractivity contribution in [2.24, 2.45) is 11.7 Å². The standard InChI is InChI=1S/C13H22N2S/c1-3-10-4-6-11(7-5-10)13-15-8-12(16-13)9(2)14/h8-11H,3-7,14H2,1-2H3. The lowest BCUT2D eigenvalue weighted by atomic mass is 9.81. The van der Waals surface area contributed by atoms with Crippen molar-refractivity contribution in [3.63, 3.8) is 0 Å². The third kappa shape index (κ3) is 2.64. The smallest absolute Gasteiger partial charge is 0.0959 e. The zero-order chi connectivity index (χ0) is 11.5. The van der Waals surface area contributed by atoms with E-state index in [-0.39, 0.29) is 6.04 Å². The highest BCUT2D eigenvalue weighted by Crippen LogP contribution is 2.38. The van der Waals surface area contributed by atoms with E-state index in [0.717, 1.165) is 5.92 Å². The van der Waals surface area contributed by atoms with Gasteiger partial charge in [-0.25, -0.2) is 4.98 Å². The molecule has 1 fully saturated rings. The third-order valence-electron chi connectivity index (χ3n) is 3.76. The van der Waals surface area contributed by atoms with Gasteiger partial charge in [-0.1, -0.05) is 13.3 Å². The highest BCUT2D eigenvalue weighted by Gasteiger charge is 2.23. The highest BCUT2D eigenvalue weighted by molar-refractivity contribution is 7.11. The van der Waals surface area contributed by atoms with Gasteiger partial charge in [-0.05, 0) is 38.5 Å². The Morgan fingerprint density at radius 1 is 1.44 bits per heavy atom. The predicted molar refractivity (Wildman–Crippen MR) is 69.7 cm³/mol. The van der Waals surface area contributed by atoms with Crippen LogP contribution in [0.25, 0.3) is 0 Å². The second-order valence-corrected chi connectivity index (χ2v) is 6.11. The van der Waals surface area contributed by atoms with Gasteiger partial charge in [0.15, 0.2) is 0 Å². The SMILES string of the molecule is CCC1CCC(c2ncc(C(C)N)s2)CC1. The van der Waals surface area contributed by atoms with Crippen molar-refractivity contribution in [3.05, 3.63) is 16.1 Å². The zero-order valence-corrected chi connectivity index (χ0v) is 11.1. The van der Waals surface area contributed by atoms with Crippen LogP contribution in [0, 0.1) is 5.92 Å². The van der Waals surface area contributed by atoms with Crippen LogP contribution in [0.3, 0.4) is 0 Å². The minimum atomic E-state index is 0.137. The molecule has 16 heavy (non-hydrogen) atoms. The normalized spacial score (nSPS) is 27.9. The molecular weight excluding hydrogens is 216 g/mol. The van der Waals surface area contributed by atoms with Crippen LogP contribution < -0.4 is 5.73 Å². The van der Waals surface area contributed by atoms with Gasteiger partial charge in [0.25, 0.3) is 0 Å². The van der Waals surface area contributed by atoms with Gasteiger partial charge in [0.1, 0.15) is 0 Å². The van der Waals surface area contributed by atoms with E-state index < -0.39 is 0 Å². The first-order valence-corrected chi connectivity index (χ1v) is 7.23. The van der Waals surface area contributed by atoms with E-state index in [1.165, 1.54) is 42.0 Å². The monoisotopic (exact) mass is 238 g/mol. The minimum Gasteiger partial charge on any atom is -0.323 e. The number of hydrogen-bond donors (Lipinski definition) is 1. The molecule has 0 spiro atoms. The Kier molecular flexibility index (Phi) is 3.98. The van der Waals surface area contributed by atoms with E-state index in [2.05, 4.69) is 11.9 Å². The van der Waals surface area contributed by atoms with Gasteiger partial charge >= 0.3 is 0 Å². The summed E-state index contributed by atoms with van der Waals surface area (Å²) in [6.45, 7) is 4.34. The summed E-state index contributed by atoms with van der Waals surface area (Å²) in [6.07, 6.45) is 8.73. The molecule has 2 rings (SSSR count). The van der Waals surface area contributed by atoms with E-state index in [9.17, 15) is 0 Å². The number of nitrogens with zero attached hydrogens (tertiary/aromatic N) is 1. The van der Waals surface area contributed by atoms with Gasteiger partial charge in [0.05, 0.1) is 5.01 Å². The van der Waals surface area contributed by atoms with Gasteiger partial charge < -0.3 is 5.73 Å². The van der Waals surface area contributed by atoms with Crippen LogP contribution in [0.4, 0.5) is 0 Å². The molecule has 0 bridgehead atoms. The third-order valence-corrected chi connectivity index (χ3v) is 5.12.